The highest BCUT2D eigenvalue weighted by atomic mass is 16.3. The van der Waals surface area contributed by atoms with Crippen molar-refractivity contribution in [3.05, 3.63) is 89.5 Å². The van der Waals surface area contributed by atoms with Crippen LogP contribution in [0, 0.1) is 104 Å². The Labute approximate surface area is 241 Å². The summed E-state index contributed by atoms with van der Waals surface area (Å²) in [6.45, 7) is 34.1. The predicted octanol–water partition coefficient (Wildman–Crippen LogP) is 11.5. The Morgan fingerprint density at radius 3 is 0.950 bits per heavy atom. The molecule has 0 fully saturated rings. The summed E-state index contributed by atoms with van der Waals surface area (Å²) in [5.41, 5.74) is 27.8. The maximum Gasteiger partial charge on any atom is 0.139 e. The highest BCUT2D eigenvalue weighted by Crippen LogP contribution is 2.48. The van der Waals surface area contributed by atoms with Crippen LogP contribution >= 0.6 is 0 Å². The molecule has 208 valence electrons. The molecule has 1 aromatic heterocycles. The van der Waals surface area contributed by atoms with Crippen LogP contribution in [0.2, 0.25) is 0 Å². The van der Waals surface area contributed by atoms with Crippen LogP contribution in [0.4, 0.5) is 0 Å². The van der Waals surface area contributed by atoms with E-state index in [1.807, 2.05) is 0 Å². The summed E-state index contributed by atoms with van der Waals surface area (Å²) in [4.78, 5) is 0. The van der Waals surface area contributed by atoms with Gasteiger partial charge in [-0.1, -0.05) is 6.07 Å². The first-order valence-electron chi connectivity index (χ1n) is 14.7. The molecule has 0 unspecified atom stereocenters. The molecular formula is C39H46O. The molecule has 0 N–H and O–H groups in total. The van der Waals surface area contributed by atoms with Crippen molar-refractivity contribution in [3.8, 4) is 22.3 Å². The third-order valence-electron chi connectivity index (χ3n) is 10.8. The fourth-order valence-electron chi connectivity index (χ4n) is 7.43. The molecular weight excluding hydrogens is 484 g/mol. The second kappa shape index (κ2) is 9.37. The van der Waals surface area contributed by atoms with Gasteiger partial charge in [0.1, 0.15) is 11.2 Å². The van der Waals surface area contributed by atoms with Gasteiger partial charge >= 0.3 is 0 Å². The molecule has 0 radical (unpaired) electrons. The van der Waals surface area contributed by atoms with E-state index in [4.69, 9.17) is 4.42 Å². The minimum Gasteiger partial charge on any atom is -0.455 e. The van der Waals surface area contributed by atoms with E-state index >= 15 is 0 Å². The molecule has 5 aromatic rings. The van der Waals surface area contributed by atoms with Crippen molar-refractivity contribution in [2.45, 2.75) is 104 Å². The van der Waals surface area contributed by atoms with Gasteiger partial charge in [-0.3, -0.25) is 0 Å². The average Bonchev–Trinajstić information content (AvgIpc) is 3.32. The average molecular weight is 531 g/mol. The molecule has 0 saturated heterocycles. The van der Waals surface area contributed by atoms with Crippen LogP contribution in [0.1, 0.15) is 83.5 Å². The fourth-order valence-corrected chi connectivity index (χ4v) is 7.43. The van der Waals surface area contributed by atoms with E-state index in [-0.39, 0.29) is 0 Å². The molecule has 0 bridgehead atoms. The third-order valence-corrected chi connectivity index (χ3v) is 10.8. The Balaban J connectivity index is 1.97. The first-order valence-corrected chi connectivity index (χ1v) is 14.7. The van der Waals surface area contributed by atoms with Gasteiger partial charge in [-0.25, -0.2) is 0 Å². The van der Waals surface area contributed by atoms with Gasteiger partial charge in [-0.15, -0.1) is 0 Å². The Morgan fingerprint density at radius 1 is 0.300 bits per heavy atom. The second-order valence-electron chi connectivity index (χ2n) is 12.6. The van der Waals surface area contributed by atoms with Crippen molar-refractivity contribution in [2.24, 2.45) is 0 Å². The zero-order chi connectivity index (χ0) is 29.7. The topological polar surface area (TPSA) is 13.1 Å². The number of rotatable bonds is 2. The quantitative estimate of drug-likeness (QED) is 0.221. The number of hydrogen-bond acceptors (Lipinski definition) is 1. The smallest absolute Gasteiger partial charge is 0.139 e. The van der Waals surface area contributed by atoms with Gasteiger partial charge in [0.25, 0.3) is 0 Å². The SMILES string of the molecule is Cc1cc(C)c(C)c(-c2c(C)c(C)c3c(oc4c(C)c(-c5c(C)c(C)c(C)c(C)c5C)c(C)c(C)c43)c2C)c1C. The molecule has 1 heteroatoms. The fraction of sp³-hybridized carbons (Fsp3) is 0.385. The Hall–Kier alpha value is -3.32. The van der Waals surface area contributed by atoms with Gasteiger partial charge in [0.15, 0.2) is 0 Å². The van der Waals surface area contributed by atoms with Gasteiger partial charge in [0.2, 0.25) is 0 Å². The van der Waals surface area contributed by atoms with E-state index < -0.39 is 0 Å². The summed E-state index contributed by atoms with van der Waals surface area (Å²) < 4.78 is 7.01. The molecule has 0 aliphatic heterocycles. The summed E-state index contributed by atoms with van der Waals surface area (Å²) in [5, 5.41) is 2.57. The van der Waals surface area contributed by atoms with Crippen LogP contribution in [-0.4, -0.2) is 0 Å². The van der Waals surface area contributed by atoms with Crippen LogP contribution in [0.25, 0.3) is 44.2 Å². The molecule has 0 saturated carbocycles. The summed E-state index contributed by atoms with van der Waals surface area (Å²) in [6, 6.07) is 2.32. The van der Waals surface area contributed by atoms with Crippen LogP contribution in [-0.2, 0) is 0 Å². The standard InChI is InChI=1S/C39H46O/c1-17-16-18(2)20(4)32(19(17)3)34-26(10)28(12)36-37-29(13)27(11)35(31(15)39(37)40-38(36)30(34)14)33-24(8)22(6)21(5)23(7)25(33)9/h16H,1-15H3. The maximum absolute atomic E-state index is 7.01. The Morgan fingerprint density at radius 2 is 0.575 bits per heavy atom. The highest BCUT2D eigenvalue weighted by Gasteiger charge is 2.27. The maximum atomic E-state index is 7.01. The van der Waals surface area contributed by atoms with Crippen LogP contribution in [0.5, 0.6) is 0 Å². The molecule has 4 aromatic carbocycles. The first kappa shape index (κ1) is 28.2. The minimum atomic E-state index is 1.04. The van der Waals surface area contributed by atoms with Crippen molar-refractivity contribution in [1.82, 2.24) is 0 Å². The zero-order valence-corrected chi connectivity index (χ0v) is 27.5. The van der Waals surface area contributed by atoms with Crippen molar-refractivity contribution >= 4 is 21.9 Å². The van der Waals surface area contributed by atoms with E-state index in [9.17, 15) is 0 Å². The van der Waals surface area contributed by atoms with Crippen LogP contribution in [0.3, 0.4) is 0 Å². The number of hydrogen-bond donors (Lipinski definition) is 0. The summed E-state index contributed by atoms with van der Waals surface area (Å²) in [5.74, 6) is 0. The molecule has 0 atom stereocenters. The van der Waals surface area contributed by atoms with E-state index in [0.717, 1.165) is 11.2 Å². The molecule has 5 rings (SSSR count). The predicted molar refractivity (Wildman–Crippen MR) is 176 cm³/mol. The van der Waals surface area contributed by atoms with Crippen molar-refractivity contribution < 1.29 is 4.42 Å². The molecule has 40 heavy (non-hydrogen) atoms. The lowest BCUT2D eigenvalue weighted by Crippen LogP contribution is -2.03. The molecule has 0 aliphatic carbocycles. The lowest BCUT2D eigenvalue weighted by Gasteiger charge is -2.23. The van der Waals surface area contributed by atoms with Crippen molar-refractivity contribution in [2.75, 3.05) is 0 Å². The van der Waals surface area contributed by atoms with Crippen molar-refractivity contribution in [1.29, 1.82) is 0 Å². The largest absolute Gasteiger partial charge is 0.455 e. The van der Waals surface area contributed by atoms with Crippen LogP contribution in [0.15, 0.2) is 10.5 Å². The summed E-state index contributed by atoms with van der Waals surface area (Å²) >= 11 is 0. The summed E-state index contributed by atoms with van der Waals surface area (Å²) in [7, 11) is 0. The highest BCUT2D eigenvalue weighted by molar-refractivity contribution is 6.14. The molecule has 0 aliphatic rings. The van der Waals surface area contributed by atoms with E-state index in [1.54, 1.807) is 0 Å². The molecule has 0 amide bonds. The molecule has 1 nitrogen and oxygen atoms in total. The lowest BCUT2D eigenvalue weighted by molar-refractivity contribution is 0.662. The second-order valence-corrected chi connectivity index (χ2v) is 12.6. The summed E-state index contributed by atoms with van der Waals surface area (Å²) in [6.07, 6.45) is 0. The Bertz CT molecular complexity index is 1870. The van der Waals surface area contributed by atoms with Crippen LogP contribution < -0.4 is 0 Å². The van der Waals surface area contributed by atoms with Gasteiger partial charge < -0.3 is 4.42 Å². The molecule has 0 spiro atoms. The van der Waals surface area contributed by atoms with Gasteiger partial charge in [0.05, 0.1) is 0 Å². The minimum absolute atomic E-state index is 1.04. The van der Waals surface area contributed by atoms with E-state index in [2.05, 4.69) is 110 Å². The first-order chi connectivity index (χ1) is 18.6. The van der Waals surface area contributed by atoms with E-state index in [1.165, 1.54) is 116 Å². The number of fused-ring (bicyclic) bond motifs is 3. The zero-order valence-electron chi connectivity index (χ0n) is 27.5. The van der Waals surface area contributed by atoms with Crippen molar-refractivity contribution in [3.63, 3.8) is 0 Å². The number of aryl methyl sites for hydroxylation is 6. The van der Waals surface area contributed by atoms with E-state index in [0.29, 0.717) is 0 Å². The van der Waals surface area contributed by atoms with Gasteiger partial charge in [-0.2, -0.15) is 0 Å². The Kier molecular flexibility index (Phi) is 6.61. The normalized spacial score (nSPS) is 11.9. The third kappa shape index (κ3) is 3.59. The number of benzene rings is 4. The number of furan rings is 1. The monoisotopic (exact) mass is 530 g/mol. The lowest BCUT2D eigenvalue weighted by atomic mass is 9.80. The van der Waals surface area contributed by atoms with Gasteiger partial charge in [0, 0.05) is 21.9 Å². The molecule has 1 heterocycles. The van der Waals surface area contributed by atoms with Gasteiger partial charge in [-0.05, 0) is 198 Å².